The summed E-state index contributed by atoms with van der Waals surface area (Å²) < 4.78 is 1.04. The van der Waals surface area contributed by atoms with Gasteiger partial charge in [-0.1, -0.05) is 45.7 Å². The molecule has 1 aromatic carbocycles. The van der Waals surface area contributed by atoms with Gasteiger partial charge in [-0.15, -0.1) is 0 Å². The van der Waals surface area contributed by atoms with Gasteiger partial charge in [0.05, 0.1) is 5.69 Å². The Morgan fingerprint density at radius 1 is 1.00 bits per heavy atom. The molecule has 86 valence electrons. The Morgan fingerprint density at radius 2 is 1.71 bits per heavy atom. The molecular weight excluding hydrogens is 323 g/mol. The van der Waals surface area contributed by atoms with Crippen molar-refractivity contribution >= 4 is 51.3 Å². The summed E-state index contributed by atoms with van der Waals surface area (Å²) in [4.78, 5) is 7.82. The van der Waals surface area contributed by atoms with Gasteiger partial charge < -0.3 is 0 Å². The maximum absolute atomic E-state index is 5.78. The van der Waals surface area contributed by atoms with Crippen molar-refractivity contribution in [2.24, 2.45) is 0 Å². The number of hydrogen-bond acceptors (Lipinski definition) is 2. The van der Waals surface area contributed by atoms with Gasteiger partial charge in [0.15, 0.2) is 0 Å². The van der Waals surface area contributed by atoms with Gasteiger partial charge in [-0.25, -0.2) is 9.97 Å². The van der Waals surface area contributed by atoms with Gasteiger partial charge in [-0.3, -0.25) is 0 Å². The van der Waals surface area contributed by atoms with Gasteiger partial charge in [0, 0.05) is 10.5 Å². The lowest BCUT2D eigenvalue weighted by atomic mass is 10.2. The lowest BCUT2D eigenvalue weighted by molar-refractivity contribution is 1.15. The van der Waals surface area contributed by atoms with E-state index in [1.54, 1.807) is 6.07 Å². The fourth-order valence-electron chi connectivity index (χ4n) is 1.25. The number of benzene rings is 1. The molecule has 0 amide bonds. The molecule has 2 aromatic rings. The van der Waals surface area contributed by atoms with E-state index in [9.17, 15) is 0 Å². The smallest absolute Gasteiger partial charge is 0.218 e. The minimum absolute atomic E-state index is 0.146. The molecule has 0 N–H and O–H groups in total. The minimum Gasteiger partial charge on any atom is -0.218 e. The van der Waals surface area contributed by atoms with Crippen molar-refractivity contribution in [2.45, 2.75) is 0 Å². The van der Waals surface area contributed by atoms with Gasteiger partial charge in [-0.05, 0) is 35.4 Å². The molecule has 0 saturated heterocycles. The van der Waals surface area contributed by atoms with Crippen LogP contribution in [0.25, 0.3) is 12.2 Å². The molecule has 0 spiro atoms. The third-order valence-corrected chi connectivity index (χ3v) is 2.90. The molecular formula is C12H7BrCl2N2. The van der Waals surface area contributed by atoms with Crippen molar-refractivity contribution < 1.29 is 0 Å². The summed E-state index contributed by atoms with van der Waals surface area (Å²) in [6, 6.07) is 9.58. The Balaban J connectivity index is 2.22. The topological polar surface area (TPSA) is 25.8 Å². The van der Waals surface area contributed by atoms with Gasteiger partial charge in [0.25, 0.3) is 0 Å². The molecule has 0 aliphatic carbocycles. The second-order valence-electron chi connectivity index (χ2n) is 3.27. The Labute approximate surface area is 117 Å². The highest BCUT2D eigenvalue weighted by atomic mass is 79.9. The Hall–Kier alpha value is -0.900. The number of rotatable bonds is 2. The predicted octanol–water partition coefficient (Wildman–Crippen LogP) is 4.72. The van der Waals surface area contributed by atoms with Gasteiger partial charge in [-0.2, -0.15) is 0 Å². The molecule has 0 unspecified atom stereocenters. The lowest BCUT2D eigenvalue weighted by Gasteiger charge is -1.96. The molecule has 0 radical (unpaired) electrons. The van der Waals surface area contributed by atoms with Crippen LogP contribution in [0.5, 0.6) is 0 Å². The first-order valence-electron chi connectivity index (χ1n) is 4.77. The zero-order valence-corrected chi connectivity index (χ0v) is 11.7. The molecule has 0 atom stereocenters. The number of nitrogens with zero attached hydrogens (tertiary/aromatic N) is 2. The maximum Gasteiger partial charge on any atom is 0.224 e. The van der Waals surface area contributed by atoms with E-state index in [-0.39, 0.29) is 5.28 Å². The molecule has 0 aliphatic rings. The molecule has 1 aromatic heterocycles. The third-order valence-electron chi connectivity index (χ3n) is 2.00. The molecule has 2 rings (SSSR count). The fourth-order valence-corrected chi connectivity index (χ4v) is 1.94. The molecule has 0 fully saturated rings. The SMILES string of the molecule is Clc1cc(/C=C/c2ccc(Br)cc2)nc(Cl)n1. The first kappa shape index (κ1) is 12.6. The van der Waals surface area contributed by atoms with E-state index in [2.05, 4.69) is 25.9 Å². The van der Waals surface area contributed by atoms with E-state index in [1.807, 2.05) is 36.4 Å². The van der Waals surface area contributed by atoms with Crippen LogP contribution < -0.4 is 0 Å². The Morgan fingerprint density at radius 3 is 2.35 bits per heavy atom. The van der Waals surface area contributed by atoms with Crippen molar-refractivity contribution in [1.29, 1.82) is 0 Å². The standard InChI is InChI=1S/C12H7BrCl2N2/c13-9-4-1-8(2-5-9)3-6-10-7-11(14)17-12(15)16-10/h1-7H/b6-3+. The van der Waals surface area contributed by atoms with Crippen LogP contribution in [0.2, 0.25) is 10.4 Å². The third kappa shape index (κ3) is 3.80. The van der Waals surface area contributed by atoms with Gasteiger partial charge in [0.2, 0.25) is 5.28 Å². The monoisotopic (exact) mass is 328 g/mol. The van der Waals surface area contributed by atoms with Crippen LogP contribution >= 0.6 is 39.1 Å². The molecule has 0 bridgehead atoms. The van der Waals surface area contributed by atoms with Crippen LogP contribution in [0.4, 0.5) is 0 Å². The Kier molecular flexibility index (Phi) is 4.15. The molecule has 0 saturated carbocycles. The quantitative estimate of drug-likeness (QED) is 0.588. The zero-order valence-electron chi connectivity index (χ0n) is 8.57. The number of aromatic nitrogens is 2. The summed E-state index contributed by atoms with van der Waals surface area (Å²) in [6.07, 6.45) is 3.77. The van der Waals surface area contributed by atoms with Crippen molar-refractivity contribution in [3.63, 3.8) is 0 Å². The number of hydrogen-bond donors (Lipinski definition) is 0. The van der Waals surface area contributed by atoms with Crippen molar-refractivity contribution in [3.8, 4) is 0 Å². The summed E-state index contributed by atoms with van der Waals surface area (Å²) in [5.74, 6) is 0. The second-order valence-corrected chi connectivity index (χ2v) is 4.91. The summed E-state index contributed by atoms with van der Waals surface area (Å²) in [7, 11) is 0. The van der Waals surface area contributed by atoms with Crippen molar-refractivity contribution in [1.82, 2.24) is 9.97 Å². The molecule has 5 heteroatoms. The Bertz CT molecular complexity index is 533. The van der Waals surface area contributed by atoms with E-state index in [0.717, 1.165) is 10.0 Å². The van der Waals surface area contributed by atoms with E-state index in [0.29, 0.717) is 10.8 Å². The van der Waals surface area contributed by atoms with E-state index < -0.39 is 0 Å². The van der Waals surface area contributed by atoms with Crippen LogP contribution in [-0.2, 0) is 0 Å². The van der Waals surface area contributed by atoms with E-state index >= 15 is 0 Å². The summed E-state index contributed by atoms with van der Waals surface area (Å²) in [5.41, 5.74) is 1.75. The van der Waals surface area contributed by atoms with E-state index in [1.165, 1.54) is 0 Å². The van der Waals surface area contributed by atoms with Crippen molar-refractivity contribution in [3.05, 3.63) is 56.5 Å². The van der Waals surface area contributed by atoms with Crippen LogP contribution in [0, 0.1) is 0 Å². The largest absolute Gasteiger partial charge is 0.224 e. The van der Waals surface area contributed by atoms with Gasteiger partial charge >= 0.3 is 0 Å². The lowest BCUT2D eigenvalue weighted by Crippen LogP contribution is -1.86. The maximum atomic E-state index is 5.78. The normalized spacial score (nSPS) is 11.0. The van der Waals surface area contributed by atoms with Crippen molar-refractivity contribution in [2.75, 3.05) is 0 Å². The molecule has 0 aliphatic heterocycles. The predicted molar refractivity (Wildman–Crippen MR) is 75.1 cm³/mol. The van der Waals surface area contributed by atoms with Crippen LogP contribution in [0.1, 0.15) is 11.3 Å². The first-order valence-corrected chi connectivity index (χ1v) is 6.32. The summed E-state index contributed by atoms with van der Waals surface area (Å²) in [5, 5.41) is 0.480. The zero-order chi connectivity index (χ0) is 12.3. The highest BCUT2D eigenvalue weighted by molar-refractivity contribution is 9.10. The minimum atomic E-state index is 0.146. The highest BCUT2D eigenvalue weighted by Gasteiger charge is 1.97. The molecule has 1 heterocycles. The molecule has 2 nitrogen and oxygen atoms in total. The molecule has 17 heavy (non-hydrogen) atoms. The van der Waals surface area contributed by atoms with Crippen LogP contribution in [0.3, 0.4) is 0 Å². The van der Waals surface area contributed by atoms with Crippen LogP contribution in [-0.4, -0.2) is 9.97 Å². The fraction of sp³-hybridized carbons (Fsp3) is 0. The average Bonchev–Trinajstić information content (AvgIpc) is 2.27. The second kappa shape index (κ2) is 5.63. The highest BCUT2D eigenvalue weighted by Crippen LogP contribution is 2.15. The summed E-state index contributed by atoms with van der Waals surface area (Å²) >= 11 is 14.9. The van der Waals surface area contributed by atoms with Gasteiger partial charge in [0.1, 0.15) is 5.15 Å². The summed E-state index contributed by atoms with van der Waals surface area (Å²) in [6.45, 7) is 0. The van der Waals surface area contributed by atoms with Crippen LogP contribution in [0.15, 0.2) is 34.8 Å². The first-order chi connectivity index (χ1) is 8.13. The van der Waals surface area contributed by atoms with E-state index in [4.69, 9.17) is 23.2 Å². The average molecular weight is 330 g/mol. The number of halogens is 3.